The molecule has 0 saturated carbocycles. The van der Waals surface area contributed by atoms with Crippen LogP contribution in [0, 0.1) is 0 Å². The fraction of sp³-hybridized carbons (Fsp3) is 0.227. The van der Waals surface area contributed by atoms with Gasteiger partial charge in [0, 0.05) is 36.1 Å². The highest BCUT2D eigenvalue weighted by Crippen LogP contribution is 2.18. The Morgan fingerprint density at radius 3 is 2.54 bits per heavy atom. The fourth-order valence-electron chi connectivity index (χ4n) is 2.95. The number of hydrogen-bond acceptors (Lipinski definition) is 4. The summed E-state index contributed by atoms with van der Waals surface area (Å²) in [6.45, 7) is 1.74. The zero-order valence-corrected chi connectivity index (χ0v) is 15.7. The highest BCUT2D eigenvalue weighted by atomic mass is 16.5. The van der Waals surface area contributed by atoms with Crippen LogP contribution in [0.15, 0.2) is 54.7 Å². The monoisotopic (exact) mass is 378 g/mol. The molecule has 3 aromatic rings. The number of nitrogens with one attached hydrogen (secondary N) is 2. The summed E-state index contributed by atoms with van der Waals surface area (Å²) in [6, 6.07) is 14.8. The number of ketones is 1. The molecule has 2 aromatic carbocycles. The van der Waals surface area contributed by atoms with Gasteiger partial charge in [-0.3, -0.25) is 14.4 Å². The van der Waals surface area contributed by atoms with Crippen molar-refractivity contribution in [3.05, 3.63) is 71.4 Å². The van der Waals surface area contributed by atoms with Crippen LogP contribution < -0.4 is 5.32 Å². The highest BCUT2D eigenvalue weighted by Gasteiger charge is 2.13. The number of esters is 1. The summed E-state index contributed by atoms with van der Waals surface area (Å²) in [5.41, 5.74) is 3.31. The summed E-state index contributed by atoms with van der Waals surface area (Å²) in [5, 5.41) is 3.70. The number of amides is 1. The molecule has 2 N–H and O–H groups in total. The third-order valence-electron chi connectivity index (χ3n) is 4.44. The molecule has 144 valence electrons. The van der Waals surface area contributed by atoms with Crippen LogP contribution in [-0.4, -0.2) is 35.8 Å². The van der Waals surface area contributed by atoms with E-state index in [1.54, 1.807) is 18.3 Å². The van der Waals surface area contributed by atoms with Gasteiger partial charge in [0.2, 0.25) is 5.91 Å². The number of hydrogen-bond donors (Lipinski definition) is 2. The van der Waals surface area contributed by atoms with E-state index in [2.05, 4.69) is 10.3 Å². The second-order valence-electron chi connectivity index (χ2n) is 6.55. The molecule has 6 heteroatoms. The number of aromatic amines is 1. The van der Waals surface area contributed by atoms with E-state index in [0.717, 1.165) is 22.0 Å². The SMILES string of the molecule is CC(=O)NCCc1ccc(C(=O)COC(=O)Cc2c[nH]c3ccccc23)cc1. The third-order valence-corrected chi connectivity index (χ3v) is 4.44. The number of ether oxygens (including phenoxy) is 1. The Kier molecular flexibility index (Phi) is 6.22. The highest BCUT2D eigenvalue weighted by molar-refractivity contribution is 5.98. The molecule has 28 heavy (non-hydrogen) atoms. The van der Waals surface area contributed by atoms with Crippen LogP contribution in [0.1, 0.15) is 28.4 Å². The van der Waals surface area contributed by atoms with Gasteiger partial charge < -0.3 is 15.0 Å². The van der Waals surface area contributed by atoms with Crippen molar-refractivity contribution in [2.75, 3.05) is 13.2 Å². The summed E-state index contributed by atoms with van der Waals surface area (Å²) < 4.78 is 5.15. The van der Waals surface area contributed by atoms with E-state index in [9.17, 15) is 14.4 Å². The Labute approximate surface area is 162 Å². The van der Waals surface area contributed by atoms with Gasteiger partial charge in [0.1, 0.15) is 0 Å². The zero-order chi connectivity index (χ0) is 19.9. The van der Waals surface area contributed by atoms with E-state index in [-0.39, 0.29) is 24.7 Å². The topological polar surface area (TPSA) is 88.3 Å². The molecule has 1 heterocycles. The second-order valence-corrected chi connectivity index (χ2v) is 6.55. The maximum Gasteiger partial charge on any atom is 0.310 e. The van der Waals surface area contributed by atoms with Gasteiger partial charge in [0.25, 0.3) is 0 Å². The van der Waals surface area contributed by atoms with Crippen LogP contribution >= 0.6 is 0 Å². The average molecular weight is 378 g/mol. The number of H-pyrrole nitrogens is 1. The van der Waals surface area contributed by atoms with E-state index in [0.29, 0.717) is 18.5 Å². The molecule has 0 bridgehead atoms. The summed E-state index contributed by atoms with van der Waals surface area (Å²) in [4.78, 5) is 38.3. The zero-order valence-electron chi connectivity index (χ0n) is 15.7. The molecular formula is C22H22N2O4. The van der Waals surface area contributed by atoms with Gasteiger partial charge >= 0.3 is 5.97 Å². The van der Waals surface area contributed by atoms with Gasteiger partial charge in [-0.25, -0.2) is 0 Å². The molecular weight excluding hydrogens is 356 g/mol. The smallest absolute Gasteiger partial charge is 0.310 e. The van der Waals surface area contributed by atoms with Crippen molar-refractivity contribution in [3.63, 3.8) is 0 Å². The number of benzene rings is 2. The minimum Gasteiger partial charge on any atom is -0.457 e. The normalized spacial score (nSPS) is 10.6. The molecule has 0 aliphatic rings. The predicted molar refractivity (Wildman–Crippen MR) is 106 cm³/mol. The lowest BCUT2D eigenvalue weighted by atomic mass is 10.1. The van der Waals surface area contributed by atoms with E-state index < -0.39 is 5.97 Å². The first-order valence-corrected chi connectivity index (χ1v) is 9.10. The largest absolute Gasteiger partial charge is 0.457 e. The van der Waals surface area contributed by atoms with Crippen LogP contribution in [0.2, 0.25) is 0 Å². The number of para-hydroxylation sites is 1. The molecule has 0 aliphatic carbocycles. The van der Waals surface area contributed by atoms with Crippen molar-refractivity contribution in [1.82, 2.24) is 10.3 Å². The van der Waals surface area contributed by atoms with Gasteiger partial charge in [-0.2, -0.15) is 0 Å². The lowest BCUT2D eigenvalue weighted by Gasteiger charge is -2.06. The van der Waals surface area contributed by atoms with Gasteiger partial charge in [0.15, 0.2) is 12.4 Å². The van der Waals surface area contributed by atoms with Crippen LogP contribution in [0.4, 0.5) is 0 Å². The number of Topliss-reactive ketones (excluding diaryl/α,β-unsaturated/α-hetero) is 1. The number of carbonyl (C=O) groups excluding carboxylic acids is 3. The van der Waals surface area contributed by atoms with Crippen LogP contribution in [0.5, 0.6) is 0 Å². The Morgan fingerprint density at radius 1 is 1.04 bits per heavy atom. The first-order chi connectivity index (χ1) is 13.5. The number of fused-ring (bicyclic) bond motifs is 1. The molecule has 1 aromatic heterocycles. The van der Waals surface area contributed by atoms with Crippen molar-refractivity contribution in [2.45, 2.75) is 19.8 Å². The summed E-state index contributed by atoms with van der Waals surface area (Å²) >= 11 is 0. The molecule has 0 spiro atoms. The van der Waals surface area contributed by atoms with Crippen molar-refractivity contribution in [1.29, 1.82) is 0 Å². The second kappa shape index (κ2) is 8.99. The maximum absolute atomic E-state index is 12.2. The summed E-state index contributed by atoms with van der Waals surface area (Å²) in [6.07, 6.45) is 2.58. The predicted octanol–water partition coefficient (Wildman–Crippen LogP) is 2.82. The fourth-order valence-corrected chi connectivity index (χ4v) is 2.95. The Bertz CT molecular complexity index is 989. The van der Waals surface area contributed by atoms with Gasteiger partial charge in [0.05, 0.1) is 6.42 Å². The molecule has 0 saturated heterocycles. The lowest BCUT2D eigenvalue weighted by Crippen LogP contribution is -2.22. The molecule has 0 fully saturated rings. The van der Waals surface area contributed by atoms with E-state index in [1.807, 2.05) is 36.4 Å². The van der Waals surface area contributed by atoms with Gasteiger partial charge in [-0.05, 0) is 23.6 Å². The molecule has 0 atom stereocenters. The molecule has 0 unspecified atom stereocenters. The van der Waals surface area contributed by atoms with Crippen molar-refractivity contribution in [3.8, 4) is 0 Å². The summed E-state index contributed by atoms with van der Waals surface area (Å²) in [7, 11) is 0. The average Bonchev–Trinajstić information content (AvgIpc) is 3.09. The molecule has 6 nitrogen and oxygen atoms in total. The summed E-state index contributed by atoms with van der Waals surface area (Å²) in [5.74, 6) is -0.757. The maximum atomic E-state index is 12.2. The third kappa shape index (κ3) is 5.07. The molecule has 3 rings (SSSR count). The van der Waals surface area contributed by atoms with Gasteiger partial charge in [-0.15, -0.1) is 0 Å². The molecule has 1 amide bonds. The quantitative estimate of drug-likeness (QED) is 0.466. The van der Waals surface area contributed by atoms with Crippen molar-refractivity contribution in [2.24, 2.45) is 0 Å². The Hall–Kier alpha value is -3.41. The van der Waals surface area contributed by atoms with Crippen LogP contribution in [0.25, 0.3) is 10.9 Å². The van der Waals surface area contributed by atoms with Gasteiger partial charge in [-0.1, -0.05) is 42.5 Å². The minimum atomic E-state index is -0.440. The first kappa shape index (κ1) is 19.4. The molecule has 0 aliphatic heterocycles. The van der Waals surface area contributed by atoms with Crippen molar-refractivity contribution >= 4 is 28.6 Å². The van der Waals surface area contributed by atoms with E-state index in [4.69, 9.17) is 4.74 Å². The molecule has 0 radical (unpaired) electrons. The van der Waals surface area contributed by atoms with Crippen molar-refractivity contribution < 1.29 is 19.1 Å². The van der Waals surface area contributed by atoms with Crippen LogP contribution in [-0.2, 0) is 27.2 Å². The van der Waals surface area contributed by atoms with Crippen LogP contribution in [0.3, 0.4) is 0 Å². The Balaban J connectivity index is 1.49. The number of carbonyl (C=O) groups is 3. The Morgan fingerprint density at radius 2 is 1.79 bits per heavy atom. The van der Waals surface area contributed by atoms with E-state index >= 15 is 0 Å². The number of aromatic nitrogens is 1. The standard InChI is InChI=1S/C22H22N2O4/c1-15(25)23-11-10-16-6-8-17(9-7-16)21(26)14-28-22(27)12-18-13-24-20-5-3-2-4-19(18)20/h2-9,13,24H,10-12,14H2,1H3,(H,23,25). The minimum absolute atomic E-state index is 0.0683. The first-order valence-electron chi connectivity index (χ1n) is 9.10. The lowest BCUT2D eigenvalue weighted by molar-refractivity contribution is -0.141. The van der Waals surface area contributed by atoms with E-state index in [1.165, 1.54) is 6.92 Å². The number of rotatable bonds is 8.